The van der Waals surface area contributed by atoms with Crippen LogP contribution in [0.4, 0.5) is 4.39 Å². The molecule has 1 aromatic carbocycles. The van der Waals surface area contributed by atoms with Gasteiger partial charge < -0.3 is 5.32 Å². The Morgan fingerprint density at radius 3 is 2.63 bits per heavy atom. The van der Waals surface area contributed by atoms with Gasteiger partial charge in [0.2, 0.25) is 0 Å². The molecule has 1 aliphatic carbocycles. The highest BCUT2D eigenvalue weighted by atomic mass is 35.5. The Morgan fingerprint density at radius 1 is 1.26 bits per heavy atom. The summed E-state index contributed by atoms with van der Waals surface area (Å²) in [6.45, 7) is 4.06. The van der Waals surface area contributed by atoms with E-state index in [1.807, 2.05) is 0 Å². The molecule has 1 saturated heterocycles. The summed E-state index contributed by atoms with van der Waals surface area (Å²) in [6.07, 6.45) is 3.77. The van der Waals surface area contributed by atoms with Crippen molar-refractivity contribution in [2.75, 3.05) is 26.2 Å². The second-order valence-electron chi connectivity index (χ2n) is 5.59. The third-order valence-corrected chi connectivity index (χ3v) is 4.76. The van der Waals surface area contributed by atoms with Gasteiger partial charge in [-0.2, -0.15) is 0 Å². The third kappa shape index (κ3) is 2.78. The van der Waals surface area contributed by atoms with Gasteiger partial charge in [-0.15, -0.1) is 0 Å². The summed E-state index contributed by atoms with van der Waals surface area (Å²) in [5.74, 6) is 0.455. The average Bonchev–Trinajstić information content (AvgIpc) is 2.38. The van der Waals surface area contributed by atoms with Crippen molar-refractivity contribution < 1.29 is 4.39 Å². The number of nitrogens with one attached hydrogen (secondary N) is 1. The lowest BCUT2D eigenvalue weighted by Crippen LogP contribution is -2.47. The zero-order valence-electron chi connectivity index (χ0n) is 11.0. The summed E-state index contributed by atoms with van der Waals surface area (Å²) >= 11 is 6.33. The van der Waals surface area contributed by atoms with Crippen LogP contribution in [0, 0.1) is 11.7 Å². The molecular weight excluding hydrogens is 263 g/mol. The minimum atomic E-state index is -0.182. The average molecular weight is 283 g/mol. The minimum absolute atomic E-state index is 0.182. The Kier molecular flexibility index (Phi) is 4.06. The van der Waals surface area contributed by atoms with Crippen molar-refractivity contribution in [2.24, 2.45) is 5.92 Å². The maximum Gasteiger partial charge on any atom is 0.123 e. The van der Waals surface area contributed by atoms with Crippen LogP contribution in [-0.4, -0.2) is 31.1 Å². The summed E-state index contributed by atoms with van der Waals surface area (Å²) in [7, 11) is 0. The molecule has 1 heterocycles. The quantitative estimate of drug-likeness (QED) is 0.916. The molecule has 0 bridgehead atoms. The normalized spacial score (nSPS) is 23.1. The first-order valence-electron chi connectivity index (χ1n) is 7.15. The van der Waals surface area contributed by atoms with Crippen LogP contribution in [0.15, 0.2) is 18.2 Å². The van der Waals surface area contributed by atoms with Gasteiger partial charge in [0.05, 0.1) is 0 Å². The highest BCUT2D eigenvalue weighted by molar-refractivity contribution is 6.31. The van der Waals surface area contributed by atoms with Gasteiger partial charge >= 0.3 is 0 Å². The molecule has 1 aromatic rings. The lowest BCUT2D eigenvalue weighted by atomic mass is 9.76. The molecule has 1 N–H and O–H groups in total. The molecular formula is C15H20ClFN2. The highest BCUT2D eigenvalue weighted by Gasteiger charge is 2.34. The van der Waals surface area contributed by atoms with Gasteiger partial charge in [0.25, 0.3) is 0 Å². The van der Waals surface area contributed by atoms with E-state index in [1.54, 1.807) is 12.1 Å². The molecule has 0 unspecified atom stereocenters. The number of hydrogen-bond donors (Lipinski definition) is 1. The number of rotatable bonds is 3. The van der Waals surface area contributed by atoms with Crippen LogP contribution in [0.1, 0.15) is 30.9 Å². The van der Waals surface area contributed by atoms with E-state index in [2.05, 4.69) is 10.2 Å². The fraction of sp³-hybridized carbons (Fsp3) is 0.600. The van der Waals surface area contributed by atoms with E-state index in [1.165, 1.54) is 25.3 Å². The molecule has 0 aromatic heterocycles. The van der Waals surface area contributed by atoms with E-state index in [9.17, 15) is 4.39 Å². The second-order valence-corrected chi connectivity index (χ2v) is 5.99. The molecule has 0 spiro atoms. The van der Waals surface area contributed by atoms with Crippen molar-refractivity contribution in [3.05, 3.63) is 34.6 Å². The molecule has 2 nitrogen and oxygen atoms in total. The number of benzene rings is 1. The maximum atomic E-state index is 13.6. The van der Waals surface area contributed by atoms with Crippen LogP contribution in [0.25, 0.3) is 0 Å². The molecule has 3 rings (SSSR count). The van der Waals surface area contributed by atoms with Crippen LogP contribution in [0.3, 0.4) is 0 Å². The number of nitrogens with zero attached hydrogens (tertiary/aromatic N) is 1. The molecule has 2 fully saturated rings. The van der Waals surface area contributed by atoms with Crippen LogP contribution in [0.2, 0.25) is 5.02 Å². The fourth-order valence-electron chi connectivity index (χ4n) is 3.21. The highest BCUT2D eigenvalue weighted by Crippen LogP contribution is 2.43. The Morgan fingerprint density at radius 2 is 2.00 bits per heavy atom. The zero-order valence-corrected chi connectivity index (χ0v) is 11.8. The van der Waals surface area contributed by atoms with Gasteiger partial charge in [0, 0.05) is 37.2 Å². The van der Waals surface area contributed by atoms with Crippen LogP contribution in [0.5, 0.6) is 0 Å². The van der Waals surface area contributed by atoms with Gasteiger partial charge in [-0.25, -0.2) is 4.39 Å². The smallest absolute Gasteiger partial charge is 0.123 e. The number of halogens is 2. The minimum Gasteiger partial charge on any atom is -0.314 e. The number of piperazine rings is 1. The van der Waals surface area contributed by atoms with E-state index in [0.29, 0.717) is 17.0 Å². The third-order valence-electron chi connectivity index (χ3n) is 4.42. The van der Waals surface area contributed by atoms with Crippen molar-refractivity contribution in [1.82, 2.24) is 10.2 Å². The first-order chi connectivity index (χ1) is 9.25. The molecule has 4 heteroatoms. The summed E-state index contributed by atoms with van der Waals surface area (Å²) in [5, 5.41) is 4.08. The Bertz CT molecular complexity index is 442. The molecule has 0 amide bonds. The summed E-state index contributed by atoms with van der Waals surface area (Å²) < 4.78 is 13.6. The van der Waals surface area contributed by atoms with Crippen molar-refractivity contribution >= 4 is 11.6 Å². The van der Waals surface area contributed by atoms with Crippen LogP contribution in [-0.2, 0) is 0 Å². The molecule has 1 saturated carbocycles. The van der Waals surface area contributed by atoms with Crippen LogP contribution >= 0.6 is 11.6 Å². The molecule has 2 aliphatic rings. The lowest BCUT2D eigenvalue weighted by Gasteiger charge is -2.43. The Hall–Kier alpha value is -0.640. The second kappa shape index (κ2) is 5.78. The fourth-order valence-corrected chi connectivity index (χ4v) is 3.44. The molecule has 104 valence electrons. The first-order valence-corrected chi connectivity index (χ1v) is 7.53. The first kappa shape index (κ1) is 13.3. The predicted molar refractivity (Wildman–Crippen MR) is 75.9 cm³/mol. The molecule has 0 radical (unpaired) electrons. The molecule has 1 atom stereocenters. The Balaban J connectivity index is 1.90. The zero-order chi connectivity index (χ0) is 13.2. The van der Waals surface area contributed by atoms with Crippen LogP contribution < -0.4 is 5.32 Å². The summed E-state index contributed by atoms with van der Waals surface area (Å²) in [5.41, 5.74) is 0.980. The molecule has 1 aliphatic heterocycles. The van der Waals surface area contributed by atoms with Gasteiger partial charge in [-0.3, -0.25) is 4.90 Å². The van der Waals surface area contributed by atoms with Gasteiger partial charge in [0.1, 0.15) is 5.82 Å². The van der Waals surface area contributed by atoms with E-state index < -0.39 is 0 Å². The monoisotopic (exact) mass is 282 g/mol. The van der Waals surface area contributed by atoms with E-state index >= 15 is 0 Å². The predicted octanol–water partition coefficient (Wildman–Crippen LogP) is 3.23. The molecule has 19 heavy (non-hydrogen) atoms. The van der Waals surface area contributed by atoms with Gasteiger partial charge in [-0.05, 0) is 42.5 Å². The number of hydrogen-bond acceptors (Lipinski definition) is 2. The van der Waals surface area contributed by atoms with E-state index in [4.69, 9.17) is 11.6 Å². The standard InChI is InChI=1S/C15H20ClFN2/c16-14-5-4-12(17)10-13(14)15(11-2-1-3-11)19-8-6-18-7-9-19/h4-5,10-11,15,18H,1-3,6-9H2/t15-/m0/s1. The van der Waals surface area contributed by atoms with Gasteiger partial charge in [-0.1, -0.05) is 18.0 Å². The van der Waals surface area contributed by atoms with E-state index in [0.717, 1.165) is 31.7 Å². The van der Waals surface area contributed by atoms with Crippen molar-refractivity contribution in [2.45, 2.75) is 25.3 Å². The van der Waals surface area contributed by atoms with Crippen molar-refractivity contribution in [3.63, 3.8) is 0 Å². The Labute approximate surface area is 118 Å². The van der Waals surface area contributed by atoms with Gasteiger partial charge in [0.15, 0.2) is 0 Å². The summed E-state index contributed by atoms with van der Waals surface area (Å²) in [4.78, 5) is 2.47. The maximum absolute atomic E-state index is 13.6. The summed E-state index contributed by atoms with van der Waals surface area (Å²) in [6, 6.07) is 5.06. The SMILES string of the molecule is Fc1ccc(Cl)c([C@H](C2CCC2)N2CCNCC2)c1. The largest absolute Gasteiger partial charge is 0.314 e. The van der Waals surface area contributed by atoms with Crippen molar-refractivity contribution in [1.29, 1.82) is 0 Å². The lowest BCUT2D eigenvalue weighted by molar-refractivity contribution is 0.0836. The van der Waals surface area contributed by atoms with E-state index in [-0.39, 0.29) is 5.82 Å². The topological polar surface area (TPSA) is 15.3 Å². The van der Waals surface area contributed by atoms with Crippen molar-refractivity contribution in [3.8, 4) is 0 Å².